The molecule has 6 rings (SSSR count). The van der Waals surface area contributed by atoms with Gasteiger partial charge in [-0.05, 0) is 80.6 Å². The monoisotopic (exact) mass is 446 g/mol. The third-order valence-corrected chi connectivity index (χ3v) is 8.80. The van der Waals surface area contributed by atoms with Gasteiger partial charge in [0.2, 0.25) is 0 Å². The standard InChI is InChI=1S/C29H38N2O2/c1-3-4-8-11-31-19-25(27(32)15-26(31)24-9-6-5-7-10-24)28(33)30-20(2)29-16-21-12-22(17-29)14-23(13-21)18-29/h5-7,9-10,15,19-23H,3-4,8,11-14,16-18H2,1-2H3,(H,30,33)/t20-,21?,22?,23?,29?/m1/s1. The molecule has 176 valence electrons. The number of carbonyl (C=O) groups is 1. The van der Waals surface area contributed by atoms with Crippen molar-refractivity contribution in [1.82, 2.24) is 9.88 Å². The van der Waals surface area contributed by atoms with E-state index in [0.29, 0.717) is 0 Å². The second kappa shape index (κ2) is 9.12. The molecule has 4 nitrogen and oxygen atoms in total. The minimum Gasteiger partial charge on any atom is -0.349 e. The van der Waals surface area contributed by atoms with E-state index in [1.54, 1.807) is 6.07 Å². The van der Waals surface area contributed by atoms with Crippen LogP contribution in [0.3, 0.4) is 0 Å². The summed E-state index contributed by atoms with van der Waals surface area (Å²) in [6.07, 6.45) is 13.0. The number of carbonyl (C=O) groups excluding carboxylic acids is 1. The molecule has 1 aromatic heterocycles. The summed E-state index contributed by atoms with van der Waals surface area (Å²) in [6, 6.07) is 11.8. The number of amides is 1. The third-order valence-electron chi connectivity index (χ3n) is 8.80. The van der Waals surface area contributed by atoms with Gasteiger partial charge in [0, 0.05) is 24.8 Å². The number of aryl methyl sites for hydroxylation is 1. The fourth-order valence-electron chi connectivity index (χ4n) is 7.46. The van der Waals surface area contributed by atoms with Gasteiger partial charge in [0.05, 0.1) is 5.69 Å². The molecule has 0 unspecified atom stereocenters. The highest BCUT2D eigenvalue weighted by molar-refractivity contribution is 5.94. The maximum atomic E-state index is 13.4. The Labute approximate surface area is 197 Å². The van der Waals surface area contributed by atoms with Gasteiger partial charge in [-0.2, -0.15) is 0 Å². The van der Waals surface area contributed by atoms with Crippen LogP contribution in [0, 0.1) is 23.2 Å². The molecule has 0 aliphatic heterocycles. The Hall–Kier alpha value is -2.36. The van der Waals surface area contributed by atoms with E-state index >= 15 is 0 Å². The predicted octanol–water partition coefficient (Wildman–Crippen LogP) is 6.04. The molecule has 33 heavy (non-hydrogen) atoms. The van der Waals surface area contributed by atoms with Crippen LogP contribution in [0.25, 0.3) is 11.3 Å². The number of hydrogen-bond acceptors (Lipinski definition) is 2. The van der Waals surface area contributed by atoms with Gasteiger partial charge in [0.25, 0.3) is 5.91 Å². The molecule has 4 heteroatoms. The minimum absolute atomic E-state index is 0.111. The van der Waals surface area contributed by atoms with Gasteiger partial charge < -0.3 is 9.88 Å². The normalized spacial score (nSPS) is 28.6. The van der Waals surface area contributed by atoms with Gasteiger partial charge in [0.15, 0.2) is 5.43 Å². The van der Waals surface area contributed by atoms with Crippen molar-refractivity contribution in [1.29, 1.82) is 0 Å². The van der Waals surface area contributed by atoms with Crippen molar-refractivity contribution in [3.63, 3.8) is 0 Å². The van der Waals surface area contributed by atoms with Crippen molar-refractivity contribution >= 4 is 5.91 Å². The number of benzene rings is 1. The fraction of sp³-hybridized carbons (Fsp3) is 0.586. The van der Waals surface area contributed by atoms with E-state index in [0.717, 1.165) is 54.8 Å². The maximum absolute atomic E-state index is 13.4. The van der Waals surface area contributed by atoms with Crippen LogP contribution in [0.1, 0.15) is 82.0 Å². The molecule has 4 saturated carbocycles. The molecular weight excluding hydrogens is 408 g/mol. The SMILES string of the molecule is CCCCCn1cc(C(=O)N[C@H](C)C23CC4CC(CC(C4)C2)C3)c(=O)cc1-c1ccccc1. The van der Waals surface area contributed by atoms with Crippen molar-refractivity contribution in [2.24, 2.45) is 23.2 Å². The topological polar surface area (TPSA) is 51.1 Å². The lowest BCUT2D eigenvalue weighted by molar-refractivity contribution is -0.0688. The second-order valence-corrected chi connectivity index (χ2v) is 11.2. The Balaban J connectivity index is 1.39. The first-order valence-electron chi connectivity index (χ1n) is 13.1. The Morgan fingerprint density at radius 2 is 1.70 bits per heavy atom. The number of nitrogens with zero attached hydrogens (tertiary/aromatic N) is 1. The molecule has 4 bridgehead atoms. The number of nitrogens with one attached hydrogen (secondary N) is 1. The minimum atomic E-state index is -0.202. The summed E-state index contributed by atoms with van der Waals surface area (Å²) < 4.78 is 2.11. The average Bonchev–Trinajstić information content (AvgIpc) is 2.79. The number of unbranched alkanes of at least 4 members (excludes halogenated alkanes) is 2. The molecule has 4 fully saturated rings. The van der Waals surface area contributed by atoms with E-state index in [1.807, 2.05) is 36.5 Å². The lowest BCUT2D eigenvalue weighted by Crippen LogP contribution is -2.56. The Morgan fingerprint density at radius 1 is 1.06 bits per heavy atom. The predicted molar refractivity (Wildman–Crippen MR) is 133 cm³/mol. The maximum Gasteiger partial charge on any atom is 0.256 e. The van der Waals surface area contributed by atoms with E-state index in [9.17, 15) is 9.59 Å². The van der Waals surface area contributed by atoms with E-state index < -0.39 is 0 Å². The van der Waals surface area contributed by atoms with Crippen molar-refractivity contribution in [3.05, 3.63) is 58.4 Å². The number of pyridine rings is 1. The zero-order chi connectivity index (χ0) is 23.0. The highest BCUT2D eigenvalue weighted by Gasteiger charge is 2.53. The van der Waals surface area contributed by atoms with Crippen LogP contribution in [0.15, 0.2) is 47.4 Å². The summed E-state index contributed by atoms with van der Waals surface area (Å²) in [4.78, 5) is 26.5. The van der Waals surface area contributed by atoms with Crippen LogP contribution in [-0.4, -0.2) is 16.5 Å². The van der Waals surface area contributed by atoms with Crippen molar-refractivity contribution in [3.8, 4) is 11.3 Å². The molecule has 1 amide bonds. The Morgan fingerprint density at radius 3 is 2.30 bits per heavy atom. The molecule has 4 aliphatic carbocycles. The van der Waals surface area contributed by atoms with E-state index in [4.69, 9.17) is 0 Å². The molecule has 0 radical (unpaired) electrons. The quantitative estimate of drug-likeness (QED) is 0.503. The molecule has 1 atom stereocenters. The zero-order valence-corrected chi connectivity index (χ0v) is 20.2. The molecule has 4 aliphatic rings. The third kappa shape index (κ3) is 4.41. The zero-order valence-electron chi connectivity index (χ0n) is 20.2. The molecule has 2 aromatic rings. The molecule has 1 heterocycles. The highest BCUT2D eigenvalue weighted by Crippen LogP contribution is 2.61. The number of hydrogen-bond donors (Lipinski definition) is 1. The first-order valence-corrected chi connectivity index (χ1v) is 13.1. The molecular formula is C29H38N2O2. The van der Waals surface area contributed by atoms with Crippen molar-refractivity contribution in [2.45, 2.75) is 84.2 Å². The van der Waals surface area contributed by atoms with Gasteiger partial charge in [-0.1, -0.05) is 50.1 Å². The van der Waals surface area contributed by atoms with Crippen molar-refractivity contribution < 1.29 is 4.79 Å². The highest BCUT2D eigenvalue weighted by atomic mass is 16.2. The molecule has 1 aromatic carbocycles. The Bertz CT molecular complexity index is 1020. The summed E-state index contributed by atoms with van der Waals surface area (Å²) in [5.74, 6) is 2.33. The van der Waals surface area contributed by atoms with Crippen LogP contribution in [0.2, 0.25) is 0 Å². The van der Waals surface area contributed by atoms with Gasteiger partial charge >= 0.3 is 0 Å². The van der Waals surface area contributed by atoms with Gasteiger partial charge in [0.1, 0.15) is 5.56 Å². The van der Waals surface area contributed by atoms with Crippen LogP contribution < -0.4 is 10.7 Å². The lowest BCUT2D eigenvalue weighted by atomic mass is 9.48. The van der Waals surface area contributed by atoms with Crippen LogP contribution >= 0.6 is 0 Å². The van der Waals surface area contributed by atoms with Gasteiger partial charge in [-0.25, -0.2) is 0 Å². The van der Waals surface area contributed by atoms with Crippen LogP contribution in [-0.2, 0) is 6.54 Å². The number of aromatic nitrogens is 1. The summed E-state index contributed by atoms with van der Waals surface area (Å²) in [5.41, 5.74) is 2.23. The second-order valence-electron chi connectivity index (χ2n) is 11.2. The van der Waals surface area contributed by atoms with Crippen LogP contribution in [0.5, 0.6) is 0 Å². The van der Waals surface area contributed by atoms with Gasteiger partial charge in [-0.3, -0.25) is 9.59 Å². The van der Waals surface area contributed by atoms with E-state index in [1.165, 1.54) is 38.5 Å². The number of rotatable bonds is 8. The summed E-state index contributed by atoms with van der Waals surface area (Å²) in [5, 5.41) is 3.30. The van der Waals surface area contributed by atoms with Crippen molar-refractivity contribution in [2.75, 3.05) is 0 Å². The van der Waals surface area contributed by atoms with Gasteiger partial charge in [-0.15, -0.1) is 0 Å². The fourth-order valence-corrected chi connectivity index (χ4v) is 7.46. The van der Waals surface area contributed by atoms with E-state index in [-0.39, 0.29) is 28.4 Å². The summed E-state index contributed by atoms with van der Waals surface area (Å²) in [6.45, 7) is 5.18. The molecule has 0 spiro atoms. The summed E-state index contributed by atoms with van der Waals surface area (Å²) in [7, 11) is 0. The average molecular weight is 447 g/mol. The molecule has 0 saturated heterocycles. The smallest absolute Gasteiger partial charge is 0.256 e. The summed E-state index contributed by atoms with van der Waals surface area (Å²) >= 11 is 0. The van der Waals surface area contributed by atoms with E-state index in [2.05, 4.69) is 23.7 Å². The first kappa shape index (κ1) is 22.4. The first-order chi connectivity index (χ1) is 16.0. The lowest BCUT2D eigenvalue weighted by Gasteiger charge is -2.59. The van der Waals surface area contributed by atoms with Crippen LogP contribution in [0.4, 0.5) is 0 Å². The molecule has 1 N–H and O–H groups in total. The largest absolute Gasteiger partial charge is 0.349 e. The Kier molecular flexibility index (Phi) is 6.20.